The summed E-state index contributed by atoms with van der Waals surface area (Å²) in [6.45, 7) is 0. The van der Waals surface area contributed by atoms with Crippen molar-refractivity contribution in [3.8, 4) is 17.0 Å². The fraction of sp³-hybridized carbons (Fsp3) is 0.158. The Hall–Kier alpha value is -2.37. The van der Waals surface area contributed by atoms with Gasteiger partial charge < -0.3 is 9.84 Å². The lowest BCUT2D eigenvalue weighted by Crippen LogP contribution is -1.99. The summed E-state index contributed by atoms with van der Waals surface area (Å²) in [5.74, 6) is -0.114. The van der Waals surface area contributed by atoms with E-state index >= 15 is 0 Å². The third-order valence-electron chi connectivity index (χ3n) is 3.69. The van der Waals surface area contributed by atoms with Crippen LogP contribution in [0.4, 0.5) is 0 Å². The average molecular weight is 374 g/mol. The smallest absolute Gasteiger partial charge is 0.308 e. The fourth-order valence-electron chi connectivity index (χ4n) is 2.48. The maximum absolute atomic E-state index is 11.2. The topological polar surface area (TPSA) is 59.4 Å². The molecule has 0 unspecified atom stereocenters. The highest BCUT2D eigenvalue weighted by Gasteiger charge is 2.16. The minimum atomic E-state index is -0.864. The second-order valence-corrected chi connectivity index (χ2v) is 7.09. The van der Waals surface area contributed by atoms with E-state index in [1.54, 1.807) is 7.11 Å². The van der Waals surface area contributed by atoms with Crippen molar-refractivity contribution in [2.45, 2.75) is 12.8 Å². The number of methoxy groups -OCH3 is 1. The molecule has 6 heteroatoms. The molecule has 3 rings (SSSR count). The van der Waals surface area contributed by atoms with Crippen molar-refractivity contribution in [2.24, 2.45) is 0 Å². The van der Waals surface area contributed by atoms with Gasteiger partial charge in [0.15, 0.2) is 0 Å². The first-order valence-electron chi connectivity index (χ1n) is 7.64. The summed E-state index contributed by atoms with van der Waals surface area (Å²) < 4.78 is 5.17. The van der Waals surface area contributed by atoms with E-state index in [4.69, 9.17) is 16.3 Å². The van der Waals surface area contributed by atoms with Crippen LogP contribution in [0.25, 0.3) is 11.3 Å². The van der Waals surface area contributed by atoms with Crippen LogP contribution >= 0.6 is 22.9 Å². The highest BCUT2D eigenvalue weighted by Crippen LogP contribution is 2.31. The normalized spacial score (nSPS) is 10.6. The lowest BCUT2D eigenvalue weighted by atomic mass is 10.1. The molecule has 4 nitrogen and oxygen atoms in total. The molecule has 3 aromatic rings. The first-order valence-corrected chi connectivity index (χ1v) is 8.84. The van der Waals surface area contributed by atoms with Gasteiger partial charge in [0.1, 0.15) is 5.75 Å². The highest BCUT2D eigenvalue weighted by atomic mass is 35.5. The van der Waals surface area contributed by atoms with Crippen LogP contribution in [0, 0.1) is 0 Å². The SMILES string of the molecule is COc1ccc(-c2nc(Cc3ccc(Cl)cc3)sc2CC(=O)O)cc1. The van der Waals surface area contributed by atoms with Gasteiger partial charge in [-0.1, -0.05) is 23.7 Å². The van der Waals surface area contributed by atoms with Crippen LogP contribution < -0.4 is 4.74 Å². The van der Waals surface area contributed by atoms with Crippen LogP contribution in [0.3, 0.4) is 0 Å². The minimum absolute atomic E-state index is 0.0420. The average Bonchev–Trinajstić information content (AvgIpc) is 2.98. The van der Waals surface area contributed by atoms with Crippen molar-refractivity contribution < 1.29 is 14.6 Å². The van der Waals surface area contributed by atoms with Gasteiger partial charge in [-0.05, 0) is 42.0 Å². The van der Waals surface area contributed by atoms with Crippen LogP contribution in [0.5, 0.6) is 5.75 Å². The number of aromatic nitrogens is 1. The summed E-state index contributed by atoms with van der Waals surface area (Å²) in [6, 6.07) is 15.1. The van der Waals surface area contributed by atoms with E-state index < -0.39 is 5.97 Å². The molecular formula is C19H16ClNO3S. The van der Waals surface area contributed by atoms with Crippen LogP contribution in [-0.4, -0.2) is 23.2 Å². The van der Waals surface area contributed by atoms with Gasteiger partial charge in [0.25, 0.3) is 0 Å². The molecule has 128 valence electrons. The van der Waals surface area contributed by atoms with Gasteiger partial charge in [0, 0.05) is 21.9 Å². The molecule has 0 saturated carbocycles. The van der Waals surface area contributed by atoms with Crippen LogP contribution in [0.1, 0.15) is 15.4 Å². The molecule has 0 saturated heterocycles. The van der Waals surface area contributed by atoms with Crippen molar-refractivity contribution in [3.63, 3.8) is 0 Å². The Bertz CT molecular complexity index is 873. The molecule has 0 spiro atoms. The van der Waals surface area contributed by atoms with Crippen molar-refractivity contribution in [1.29, 1.82) is 0 Å². The minimum Gasteiger partial charge on any atom is -0.497 e. The zero-order chi connectivity index (χ0) is 17.8. The summed E-state index contributed by atoms with van der Waals surface area (Å²) in [5, 5.41) is 10.8. The van der Waals surface area contributed by atoms with E-state index in [1.165, 1.54) is 11.3 Å². The lowest BCUT2D eigenvalue weighted by Gasteiger charge is -2.03. The molecule has 1 aromatic heterocycles. The lowest BCUT2D eigenvalue weighted by molar-refractivity contribution is -0.136. The third-order valence-corrected chi connectivity index (χ3v) is 4.99. The fourth-order valence-corrected chi connectivity index (χ4v) is 3.73. The van der Waals surface area contributed by atoms with E-state index in [-0.39, 0.29) is 6.42 Å². The first-order chi connectivity index (χ1) is 12.0. The van der Waals surface area contributed by atoms with E-state index in [0.29, 0.717) is 11.4 Å². The van der Waals surface area contributed by atoms with Crippen molar-refractivity contribution >= 4 is 28.9 Å². The van der Waals surface area contributed by atoms with E-state index in [9.17, 15) is 9.90 Å². The van der Waals surface area contributed by atoms with Gasteiger partial charge in [-0.15, -0.1) is 11.3 Å². The predicted octanol–water partition coefficient (Wildman–Crippen LogP) is 4.69. The van der Waals surface area contributed by atoms with Gasteiger partial charge in [0.2, 0.25) is 0 Å². The number of rotatable bonds is 6. The molecule has 2 aromatic carbocycles. The Morgan fingerprint density at radius 2 is 1.84 bits per heavy atom. The Morgan fingerprint density at radius 1 is 1.16 bits per heavy atom. The monoisotopic (exact) mass is 373 g/mol. The number of nitrogens with zero attached hydrogens (tertiary/aromatic N) is 1. The second-order valence-electron chi connectivity index (χ2n) is 5.48. The Labute approximate surface area is 154 Å². The number of ether oxygens (including phenoxy) is 1. The summed E-state index contributed by atoms with van der Waals surface area (Å²) in [4.78, 5) is 16.6. The first kappa shape index (κ1) is 17.5. The van der Waals surface area contributed by atoms with Crippen molar-refractivity contribution in [1.82, 2.24) is 4.98 Å². The maximum atomic E-state index is 11.2. The van der Waals surface area contributed by atoms with Crippen LogP contribution in [0.2, 0.25) is 5.02 Å². The van der Waals surface area contributed by atoms with E-state index in [1.807, 2.05) is 48.5 Å². The summed E-state index contributed by atoms with van der Waals surface area (Å²) in [7, 11) is 1.61. The molecule has 0 aliphatic heterocycles. The molecule has 25 heavy (non-hydrogen) atoms. The molecule has 0 bridgehead atoms. The second kappa shape index (κ2) is 7.68. The number of thiazole rings is 1. The van der Waals surface area contributed by atoms with Crippen LogP contribution in [-0.2, 0) is 17.6 Å². The number of benzene rings is 2. The molecule has 1 N–H and O–H groups in total. The van der Waals surface area contributed by atoms with Crippen LogP contribution in [0.15, 0.2) is 48.5 Å². The Kier molecular flexibility index (Phi) is 5.36. The molecule has 0 aliphatic rings. The van der Waals surface area contributed by atoms with Gasteiger partial charge >= 0.3 is 5.97 Å². The number of hydrogen-bond acceptors (Lipinski definition) is 4. The number of hydrogen-bond donors (Lipinski definition) is 1. The molecule has 0 aliphatic carbocycles. The molecule has 0 atom stereocenters. The summed E-state index contributed by atoms with van der Waals surface area (Å²) >= 11 is 7.35. The zero-order valence-corrected chi connectivity index (χ0v) is 15.1. The van der Waals surface area contributed by atoms with Crippen molar-refractivity contribution in [3.05, 3.63) is 69.0 Å². The standard InChI is InChI=1S/C19H16ClNO3S/c1-24-15-8-4-13(5-9-15)19-16(11-18(22)23)25-17(21-19)10-12-2-6-14(20)7-3-12/h2-9H,10-11H2,1H3,(H,22,23). The van der Waals surface area contributed by atoms with Gasteiger partial charge in [0.05, 0.1) is 24.2 Å². The van der Waals surface area contributed by atoms with E-state index in [0.717, 1.165) is 32.5 Å². The molecule has 0 amide bonds. The Morgan fingerprint density at radius 3 is 2.44 bits per heavy atom. The molecule has 0 radical (unpaired) electrons. The summed E-state index contributed by atoms with van der Waals surface area (Å²) in [5.41, 5.74) is 2.69. The predicted molar refractivity (Wildman–Crippen MR) is 99.7 cm³/mol. The number of halogens is 1. The van der Waals surface area contributed by atoms with E-state index in [2.05, 4.69) is 4.98 Å². The number of carboxylic acids is 1. The maximum Gasteiger partial charge on any atom is 0.308 e. The highest BCUT2D eigenvalue weighted by molar-refractivity contribution is 7.12. The number of carboxylic acid groups (broad SMARTS) is 1. The van der Waals surface area contributed by atoms with Gasteiger partial charge in [-0.25, -0.2) is 4.98 Å². The number of aliphatic carboxylic acids is 1. The zero-order valence-electron chi connectivity index (χ0n) is 13.5. The third kappa shape index (κ3) is 4.38. The summed E-state index contributed by atoms with van der Waals surface area (Å²) in [6.07, 6.45) is 0.601. The molecular weight excluding hydrogens is 358 g/mol. The number of carbonyl (C=O) groups is 1. The Balaban J connectivity index is 1.93. The molecule has 0 fully saturated rings. The van der Waals surface area contributed by atoms with Gasteiger partial charge in [-0.2, -0.15) is 0 Å². The van der Waals surface area contributed by atoms with Gasteiger partial charge in [-0.3, -0.25) is 4.79 Å². The molecule has 1 heterocycles. The quantitative estimate of drug-likeness (QED) is 0.681. The largest absolute Gasteiger partial charge is 0.497 e. The van der Waals surface area contributed by atoms with Crippen molar-refractivity contribution in [2.75, 3.05) is 7.11 Å².